The molecule has 0 radical (unpaired) electrons. The predicted octanol–water partition coefficient (Wildman–Crippen LogP) is 2.64. The fourth-order valence-electron chi connectivity index (χ4n) is 2.27. The van der Waals surface area contributed by atoms with E-state index >= 15 is 0 Å². The zero-order valence-electron chi connectivity index (χ0n) is 8.13. The third kappa shape index (κ3) is 1.94. The van der Waals surface area contributed by atoms with Crippen molar-refractivity contribution in [1.29, 1.82) is 0 Å². The van der Waals surface area contributed by atoms with Crippen molar-refractivity contribution in [3.05, 3.63) is 12.7 Å². The van der Waals surface area contributed by atoms with Crippen molar-refractivity contribution in [2.45, 2.75) is 50.4 Å². The zero-order chi connectivity index (χ0) is 9.15. The Hall–Kier alpha value is -0.340. The second kappa shape index (κ2) is 3.81. The van der Waals surface area contributed by atoms with Crippen LogP contribution in [-0.4, -0.2) is 18.5 Å². The molecule has 0 aromatic heterocycles. The molecule has 2 rings (SSSR count). The van der Waals surface area contributed by atoms with Crippen LogP contribution >= 0.6 is 0 Å². The Kier molecular flexibility index (Phi) is 2.70. The number of ether oxygens (including phenoxy) is 2. The average molecular weight is 182 g/mol. The van der Waals surface area contributed by atoms with Gasteiger partial charge in [0.15, 0.2) is 5.79 Å². The SMILES string of the molecule is C=CCC[C@@H]1CCC2(CCCO2)O1. The minimum atomic E-state index is -0.175. The van der Waals surface area contributed by atoms with Gasteiger partial charge in [0.1, 0.15) is 0 Å². The van der Waals surface area contributed by atoms with Crippen molar-refractivity contribution in [2.24, 2.45) is 0 Å². The quantitative estimate of drug-likeness (QED) is 0.625. The van der Waals surface area contributed by atoms with Crippen LogP contribution in [0.3, 0.4) is 0 Å². The van der Waals surface area contributed by atoms with E-state index in [-0.39, 0.29) is 5.79 Å². The Morgan fingerprint density at radius 1 is 1.46 bits per heavy atom. The first kappa shape index (κ1) is 9.22. The summed E-state index contributed by atoms with van der Waals surface area (Å²) in [5.74, 6) is -0.175. The molecule has 0 aliphatic carbocycles. The Bertz CT molecular complexity index is 183. The molecule has 0 amide bonds. The molecule has 1 spiro atoms. The van der Waals surface area contributed by atoms with Gasteiger partial charge < -0.3 is 9.47 Å². The summed E-state index contributed by atoms with van der Waals surface area (Å²) in [7, 11) is 0. The molecular weight excluding hydrogens is 164 g/mol. The largest absolute Gasteiger partial charge is 0.350 e. The fraction of sp³-hybridized carbons (Fsp3) is 0.818. The lowest BCUT2D eigenvalue weighted by atomic mass is 10.1. The van der Waals surface area contributed by atoms with E-state index in [9.17, 15) is 0 Å². The summed E-state index contributed by atoms with van der Waals surface area (Å²) in [6, 6.07) is 0. The van der Waals surface area contributed by atoms with E-state index in [0.717, 1.165) is 45.1 Å². The van der Waals surface area contributed by atoms with Gasteiger partial charge in [0.2, 0.25) is 0 Å². The lowest BCUT2D eigenvalue weighted by Crippen LogP contribution is -2.27. The van der Waals surface area contributed by atoms with Crippen LogP contribution in [0.5, 0.6) is 0 Å². The van der Waals surface area contributed by atoms with Gasteiger partial charge in [-0.1, -0.05) is 6.08 Å². The van der Waals surface area contributed by atoms with E-state index in [1.54, 1.807) is 0 Å². The molecule has 0 bridgehead atoms. The van der Waals surface area contributed by atoms with E-state index in [4.69, 9.17) is 9.47 Å². The van der Waals surface area contributed by atoms with E-state index in [1.807, 2.05) is 6.08 Å². The highest BCUT2D eigenvalue weighted by molar-refractivity contribution is 4.85. The van der Waals surface area contributed by atoms with Gasteiger partial charge in [-0.25, -0.2) is 0 Å². The molecular formula is C11H18O2. The molecule has 2 aliphatic rings. The molecule has 2 saturated heterocycles. The molecule has 2 nitrogen and oxygen atoms in total. The van der Waals surface area contributed by atoms with Crippen molar-refractivity contribution in [1.82, 2.24) is 0 Å². The molecule has 13 heavy (non-hydrogen) atoms. The standard InChI is InChI=1S/C11H18O2/c1-2-3-5-10-6-8-11(13-10)7-4-9-12-11/h2,10H,1,3-9H2/t10-,11?/m1/s1. The first-order valence-electron chi connectivity index (χ1n) is 5.27. The Morgan fingerprint density at radius 2 is 2.38 bits per heavy atom. The predicted molar refractivity (Wildman–Crippen MR) is 51.5 cm³/mol. The monoisotopic (exact) mass is 182 g/mol. The van der Waals surface area contributed by atoms with Crippen molar-refractivity contribution >= 4 is 0 Å². The van der Waals surface area contributed by atoms with Crippen LogP contribution in [0, 0.1) is 0 Å². The lowest BCUT2D eigenvalue weighted by Gasteiger charge is -2.22. The van der Waals surface area contributed by atoms with Gasteiger partial charge in [0.05, 0.1) is 12.7 Å². The van der Waals surface area contributed by atoms with Gasteiger partial charge in [-0.3, -0.25) is 0 Å². The van der Waals surface area contributed by atoms with Gasteiger partial charge in [0, 0.05) is 12.8 Å². The molecule has 0 aromatic carbocycles. The summed E-state index contributed by atoms with van der Waals surface area (Å²) in [5.41, 5.74) is 0. The maximum atomic E-state index is 5.94. The van der Waals surface area contributed by atoms with E-state index in [1.165, 1.54) is 0 Å². The van der Waals surface area contributed by atoms with Crippen LogP contribution in [0.15, 0.2) is 12.7 Å². The molecule has 74 valence electrons. The van der Waals surface area contributed by atoms with E-state index in [0.29, 0.717) is 6.10 Å². The molecule has 1 unspecified atom stereocenters. The van der Waals surface area contributed by atoms with Crippen molar-refractivity contribution in [3.63, 3.8) is 0 Å². The summed E-state index contributed by atoms with van der Waals surface area (Å²) in [4.78, 5) is 0. The maximum Gasteiger partial charge on any atom is 0.168 e. The van der Waals surface area contributed by atoms with Crippen molar-refractivity contribution in [3.8, 4) is 0 Å². The van der Waals surface area contributed by atoms with E-state index in [2.05, 4.69) is 6.58 Å². The topological polar surface area (TPSA) is 18.5 Å². The van der Waals surface area contributed by atoms with E-state index < -0.39 is 0 Å². The minimum Gasteiger partial charge on any atom is -0.350 e. The molecule has 2 fully saturated rings. The molecule has 0 N–H and O–H groups in total. The second-order valence-electron chi connectivity index (χ2n) is 4.01. The summed E-state index contributed by atoms with van der Waals surface area (Å²) in [5, 5.41) is 0. The van der Waals surface area contributed by atoms with Gasteiger partial charge in [-0.2, -0.15) is 0 Å². The highest BCUT2D eigenvalue weighted by atomic mass is 16.7. The normalized spacial score (nSPS) is 38.6. The first-order valence-corrected chi connectivity index (χ1v) is 5.27. The number of hydrogen-bond donors (Lipinski definition) is 0. The highest BCUT2D eigenvalue weighted by Crippen LogP contribution is 2.40. The second-order valence-corrected chi connectivity index (χ2v) is 4.01. The Morgan fingerprint density at radius 3 is 3.08 bits per heavy atom. The Balaban J connectivity index is 1.82. The minimum absolute atomic E-state index is 0.175. The van der Waals surface area contributed by atoms with Crippen LogP contribution in [0.4, 0.5) is 0 Å². The third-order valence-corrected chi connectivity index (χ3v) is 2.99. The van der Waals surface area contributed by atoms with Crippen LogP contribution < -0.4 is 0 Å². The fourth-order valence-corrected chi connectivity index (χ4v) is 2.27. The van der Waals surface area contributed by atoms with Gasteiger partial charge in [0.25, 0.3) is 0 Å². The smallest absolute Gasteiger partial charge is 0.168 e. The zero-order valence-corrected chi connectivity index (χ0v) is 8.13. The lowest BCUT2D eigenvalue weighted by molar-refractivity contribution is -0.199. The van der Waals surface area contributed by atoms with Crippen LogP contribution in [-0.2, 0) is 9.47 Å². The van der Waals surface area contributed by atoms with Crippen LogP contribution in [0.2, 0.25) is 0 Å². The van der Waals surface area contributed by atoms with Crippen molar-refractivity contribution in [2.75, 3.05) is 6.61 Å². The number of rotatable bonds is 3. The summed E-state index contributed by atoms with van der Waals surface area (Å²) >= 11 is 0. The third-order valence-electron chi connectivity index (χ3n) is 2.99. The van der Waals surface area contributed by atoms with Crippen molar-refractivity contribution < 1.29 is 9.47 Å². The highest BCUT2D eigenvalue weighted by Gasteiger charge is 2.43. The maximum absolute atomic E-state index is 5.94. The molecule has 0 saturated carbocycles. The van der Waals surface area contributed by atoms with Gasteiger partial charge >= 0.3 is 0 Å². The first-order chi connectivity index (χ1) is 6.35. The average Bonchev–Trinajstić information content (AvgIpc) is 2.74. The molecule has 2 heterocycles. The van der Waals surface area contributed by atoms with Crippen LogP contribution in [0.1, 0.15) is 38.5 Å². The summed E-state index contributed by atoms with van der Waals surface area (Å²) in [6.45, 7) is 4.61. The summed E-state index contributed by atoms with van der Waals surface area (Å²) < 4.78 is 11.6. The van der Waals surface area contributed by atoms with Crippen LogP contribution in [0.25, 0.3) is 0 Å². The number of allylic oxidation sites excluding steroid dienone is 1. The molecule has 0 aromatic rings. The molecule has 2 heteroatoms. The van der Waals surface area contributed by atoms with Gasteiger partial charge in [-0.05, 0) is 25.7 Å². The molecule has 2 atom stereocenters. The Labute approximate surface area is 79.9 Å². The summed E-state index contributed by atoms with van der Waals surface area (Å²) in [6.07, 6.45) is 9.05. The van der Waals surface area contributed by atoms with Gasteiger partial charge in [-0.15, -0.1) is 6.58 Å². The number of hydrogen-bond acceptors (Lipinski definition) is 2. The molecule has 2 aliphatic heterocycles.